The summed E-state index contributed by atoms with van der Waals surface area (Å²) < 4.78 is 0. The molecule has 1 heteroatoms. The average molecular weight is 96.1 g/mol. The van der Waals surface area contributed by atoms with E-state index in [9.17, 15) is 0 Å². The molecule has 0 unspecified atom stereocenters. The zero-order chi connectivity index (χ0) is 4.28. The Hall–Kier alpha value is 1.00. The number of hydrogen-bond acceptors (Lipinski definition) is 0. The molecule has 0 atom stereocenters. The van der Waals surface area contributed by atoms with Crippen LogP contribution in [-0.2, 0) is 0 Å². The Labute approximate surface area is 62.6 Å². The fourth-order valence-corrected chi connectivity index (χ4v) is 0. The van der Waals surface area contributed by atoms with E-state index < -0.39 is 0 Å². The predicted molar refractivity (Wildman–Crippen MR) is 32.3 cm³/mol. The molecule has 34 valence electrons. The molecule has 0 aromatic rings. The monoisotopic (exact) mass is 96.1 g/mol. The first-order chi connectivity index (χ1) is 2.27. The van der Waals surface area contributed by atoms with Crippen molar-refractivity contribution >= 4 is 29.6 Å². The van der Waals surface area contributed by atoms with Gasteiger partial charge in [-0.05, 0) is 5.92 Å². The molecule has 0 aliphatic heterocycles. The molecule has 0 saturated carbocycles. The molecule has 0 bridgehead atoms. The summed E-state index contributed by atoms with van der Waals surface area (Å²) >= 11 is 0. The van der Waals surface area contributed by atoms with E-state index in [0.29, 0.717) is 0 Å². The van der Waals surface area contributed by atoms with Crippen molar-refractivity contribution in [2.75, 3.05) is 0 Å². The molecule has 0 aliphatic rings. The van der Waals surface area contributed by atoms with Crippen molar-refractivity contribution < 1.29 is 0 Å². The van der Waals surface area contributed by atoms with Crippen molar-refractivity contribution in [2.24, 2.45) is 5.92 Å². The van der Waals surface area contributed by atoms with Gasteiger partial charge in [-0.1, -0.05) is 27.2 Å². The van der Waals surface area contributed by atoms with E-state index in [-0.39, 0.29) is 29.6 Å². The maximum atomic E-state index is 2.22. The summed E-state index contributed by atoms with van der Waals surface area (Å²) in [5.74, 6) is 0.884. The van der Waals surface area contributed by atoms with Gasteiger partial charge in [-0.15, -0.1) is 0 Å². The van der Waals surface area contributed by atoms with Crippen LogP contribution in [0.25, 0.3) is 0 Å². The van der Waals surface area contributed by atoms with Gasteiger partial charge in [0.2, 0.25) is 0 Å². The quantitative estimate of drug-likeness (QED) is 0.433. The second-order valence-electron chi connectivity index (χ2n) is 1.80. The Bertz CT molecular complexity index is 17.9. The minimum atomic E-state index is 0. The molecule has 6 heavy (non-hydrogen) atoms. The molecule has 0 nitrogen and oxygen atoms in total. The maximum absolute atomic E-state index is 2.22. The summed E-state index contributed by atoms with van der Waals surface area (Å²) in [5, 5.41) is 0. The molecule has 0 N–H and O–H groups in total. The van der Waals surface area contributed by atoms with Gasteiger partial charge in [0, 0.05) is 0 Å². The average Bonchev–Trinajstić information content (AvgIpc) is 1.38. The molecule has 0 saturated heterocycles. The van der Waals surface area contributed by atoms with Crippen LogP contribution in [0.4, 0.5) is 0 Å². The van der Waals surface area contributed by atoms with Crippen LogP contribution in [0.15, 0.2) is 0 Å². The van der Waals surface area contributed by atoms with Gasteiger partial charge in [-0.2, -0.15) is 0 Å². The molecule has 0 aromatic heterocycles. The van der Waals surface area contributed by atoms with Crippen LogP contribution in [0.5, 0.6) is 0 Å². The molecule has 0 fully saturated rings. The second kappa shape index (κ2) is 6.00. The number of rotatable bonds is 1. The molecule has 0 amide bonds. The SMILES string of the molecule is CCC(C)C.[NaH]. The Morgan fingerprint density at radius 3 is 1.50 bits per heavy atom. The van der Waals surface area contributed by atoms with Crippen molar-refractivity contribution in [1.82, 2.24) is 0 Å². The Balaban J connectivity index is 0. The topological polar surface area (TPSA) is 0 Å². The first-order valence-corrected chi connectivity index (χ1v) is 2.27. The predicted octanol–water partition coefficient (Wildman–Crippen LogP) is 1.40. The van der Waals surface area contributed by atoms with E-state index in [1.807, 2.05) is 0 Å². The normalized spacial score (nSPS) is 8.00. The summed E-state index contributed by atoms with van der Waals surface area (Å²) in [6, 6.07) is 0. The van der Waals surface area contributed by atoms with Crippen molar-refractivity contribution in [3.63, 3.8) is 0 Å². The van der Waals surface area contributed by atoms with E-state index in [0.717, 1.165) is 5.92 Å². The van der Waals surface area contributed by atoms with Crippen LogP contribution in [0.2, 0.25) is 0 Å². The Morgan fingerprint density at radius 1 is 1.33 bits per heavy atom. The van der Waals surface area contributed by atoms with Crippen LogP contribution < -0.4 is 0 Å². The van der Waals surface area contributed by atoms with Crippen LogP contribution in [0, 0.1) is 5.92 Å². The first-order valence-electron chi connectivity index (χ1n) is 2.27. The van der Waals surface area contributed by atoms with Gasteiger partial charge in [0.05, 0.1) is 0 Å². The van der Waals surface area contributed by atoms with Crippen LogP contribution in [0.1, 0.15) is 27.2 Å². The van der Waals surface area contributed by atoms with Crippen LogP contribution >= 0.6 is 0 Å². The van der Waals surface area contributed by atoms with Crippen molar-refractivity contribution in [2.45, 2.75) is 27.2 Å². The number of hydrogen-bond donors (Lipinski definition) is 0. The Kier molecular flexibility index (Phi) is 10.1. The molecule has 0 aliphatic carbocycles. The fraction of sp³-hybridized carbons (Fsp3) is 1.00. The van der Waals surface area contributed by atoms with E-state index in [1.54, 1.807) is 0 Å². The molecular weight excluding hydrogens is 83.0 g/mol. The zero-order valence-corrected chi connectivity index (χ0v) is 4.28. The van der Waals surface area contributed by atoms with Gasteiger partial charge < -0.3 is 0 Å². The molecule has 0 heterocycles. The standard InChI is InChI=1S/C5H12.Na.H/c1-4-5(2)3;;/h5H,4H2,1-3H3;;. The first kappa shape index (κ1) is 10.1. The Morgan fingerprint density at radius 2 is 1.50 bits per heavy atom. The van der Waals surface area contributed by atoms with E-state index >= 15 is 0 Å². The van der Waals surface area contributed by atoms with Gasteiger partial charge >= 0.3 is 29.6 Å². The van der Waals surface area contributed by atoms with Gasteiger partial charge in [-0.25, -0.2) is 0 Å². The van der Waals surface area contributed by atoms with Gasteiger partial charge in [-0.3, -0.25) is 0 Å². The van der Waals surface area contributed by atoms with E-state index in [1.165, 1.54) is 6.42 Å². The summed E-state index contributed by atoms with van der Waals surface area (Å²) in [7, 11) is 0. The van der Waals surface area contributed by atoms with E-state index in [4.69, 9.17) is 0 Å². The van der Waals surface area contributed by atoms with Gasteiger partial charge in [0.15, 0.2) is 0 Å². The minimum absolute atomic E-state index is 0. The van der Waals surface area contributed by atoms with Crippen molar-refractivity contribution in [3.8, 4) is 0 Å². The second-order valence-corrected chi connectivity index (χ2v) is 1.80. The summed E-state index contributed by atoms with van der Waals surface area (Å²) in [4.78, 5) is 0. The summed E-state index contributed by atoms with van der Waals surface area (Å²) in [6.45, 7) is 6.64. The van der Waals surface area contributed by atoms with Crippen molar-refractivity contribution in [1.29, 1.82) is 0 Å². The van der Waals surface area contributed by atoms with Crippen molar-refractivity contribution in [3.05, 3.63) is 0 Å². The molecule has 0 aromatic carbocycles. The van der Waals surface area contributed by atoms with E-state index in [2.05, 4.69) is 20.8 Å². The molecular formula is C5H13Na. The molecule has 0 spiro atoms. The zero-order valence-electron chi connectivity index (χ0n) is 4.28. The molecule has 0 radical (unpaired) electrons. The van der Waals surface area contributed by atoms with Gasteiger partial charge in [0.1, 0.15) is 0 Å². The third-order valence-corrected chi connectivity index (χ3v) is 0.816. The third-order valence-electron chi connectivity index (χ3n) is 0.816. The van der Waals surface area contributed by atoms with Crippen LogP contribution in [0.3, 0.4) is 0 Å². The fourth-order valence-electron chi connectivity index (χ4n) is 0. The van der Waals surface area contributed by atoms with Crippen LogP contribution in [-0.4, -0.2) is 29.6 Å². The third kappa shape index (κ3) is 8.89. The summed E-state index contributed by atoms with van der Waals surface area (Å²) in [6.07, 6.45) is 1.31. The summed E-state index contributed by atoms with van der Waals surface area (Å²) in [5.41, 5.74) is 0. The molecule has 0 rings (SSSR count). The van der Waals surface area contributed by atoms with Gasteiger partial charge in [0.25, 0.3) is 0 Å².